The van der Waals surface area contributed by atoms with Crippen LogP contribution in [0.5, 0.6) is 5.75 Å². The smallest absolute Gasteiger partial charge is 0.303 e. The minimum absolute atomic E-state index is 0.0299. The van der Waals surface area contributed by atoms with Crippen LogP contribution in [0.25, 0.3) is 0 Å². The molecule has 1 unspecified atom stereocenters. The summed E-state index contributed by atoms with van der Waals surface area (Å²) in [5, 5.41) is 0. The molecule has 7 heteroatoms. The Morgan fingerprint density at radius 3 is 2.43 bits per heavy atom. The Balaban J connectivity index is 2.03. The molecular formula is C16H17BrO6. The van der Waals surface area contributed by atoms with E-state index in [9.17, 15) is 9.59 Å². The molecule has 1 aromatic rings. The van der Waals surface area contributed by atoms with Crippen molar-refractivity contribution in [3.05, 3.63) is 40.9 Å². The van der Waals surface area contributed by atoms with Crippen LogP contribution in [0.15, 0.2) is 40.9 Å². The van der Waals surface area contributed by atoms with E-state index in [2.05, 4.69) is 15.9 Å². The van der Waals surface area contributed by atoms with Crippen LogP contribution in [0.3, 0.4) is 0 Å². The summed E-state index contributed by atoms with van der Waals surface area (Å²) in [5.74, 6) is -0.251. The Labute approximate surface area is 142 Å². The monoisotopic (exact) mass is 384 g/mol. The summed E-state index contributed by atoms with van der Waals surface area (Å²) in [6.45, 7) is 2.58. The van der Waals surface area contributed by atoms with Crippen molar-refractivity contribution in [2.75, 3.05) is 6.61 Å². The van der Waals surface area contributed by atoms with Crippen LogP contribution in [-0.4, -0.2) is 37.0 Å². The highest BCUT2D eigenvalue weighted by Gasteiger charge is 2.31. The normalized spacial score (nSPS) is 23.2. The Morgan fingerprint density at radius 1 is 1.13 bits per heavy atom. The van der Waals surface area contributed by atoms with Gasteiger partial charge in [-0.2, -0.15) is 0 Å². The van der Waals surface area contributed by atoms with E-state index in [1.807, 2.05) is 12.1 Å². The van der Waals surface area contributed by atoms with E-state index in [1.165, 1.54) is 13.8 Å². The summed E-state index contributed by atoms with van der Waals surface area (Å²) >= 11 is 3.35. The third-order valence-corrected chi connectivity index (χ3v) is 3.48. The number of halogens is 1. The molecule has 1 aliphatic heterocycles. The van der Waals surface area contributed by atoms with E-state index in [1.54, 1.807) is 24.3 Å². The van der Waals surface area contributed by atoms with Crippen molar-refractivity contribution < 1.29 is 28.5 Å². The van der Waals surface area contributed by atoms with Crippen molar-refractivity contribution in [2.24, 2.45) is 0 Å². The number of rotatable bonds is 5. The van der Waals surface area contributed by atoms with Crippen molar-refractivity contribution in [1.29, 1.82) is 0 Å². The predicted octanol–water partition coefficient (Wildman–Crippen LogP) is 2.60. The minimum Gasteiger partial charge on any atom is -0.463 e. The van der Waals surface area contributed by atoms with Crippen molar-refractivity contribution >= 4 is 27.9 Å². The predicted molar refractivity (Wildman–Crippen MR) is 84.8 cm³/mol. The van der Waals surface area contributed by atoms with E-state index in [4.69, 9.17) is 18.9 Å². The third-order valence-electron chi connectivity index (χ3n) is 2.95. The topological polar surface area (TPSA) is 71.1 Å². The van der Waals surface area contributed by atoms with Crippen molar-refractivity contribution in [3.8, 4) is 5.75 Å². The fourth-order valence-electron chi connectivity index (χ4n) is 1.97. The van der Waals surface area contributed by atoms with Gasteiger partial charge in [0, 0.05) is 18.3 Å². The molecule has 0 aliphatic carbocycles. The molecule has 0 saturated carbocycles. The molecule has 1 aromatic carbocycles. The first kappa shape index (κ1) is 17.5. The van der Waals surface area contributed by atoms with Gasteiger partial charge in [0.2, 0.25) is 6.29 Å². The van der Waals surface area contributed by atoms with Crippen LogP contribution < -0.4 is 4.74 Å². The van der Waals surface area contributed by atoms with Crippen LogP contribution in [0.4, 0.5) is 0 Å². The Morgan fingerprint density at radius 2 is 1.83 bits per heavy atom. The number of ether oxygens (including phenoxy) is 4. The van der Waals surface area contributed by atoms with Gasteiger partial charge in [0.25, 0.3) is 0 Å². The molecule has 0 fully saturated rings. The standard InChI is InChI=1S/C16H17BrO6/c1-10(18)20-9-15-14(21-11(2)19)7-8-16(23-15)22-13-5-3-12(17)4-6-13/h3-8,14-16H,9H2,1-2H3/t14-,15+,16?/m0/s1. The summed E-state index contributed by atoms with van der Waals surface area (Å²) in [5.41, 5.74) is 0. The van der Waals surface area contributed by atoms with Gasteiger partial charge in [-0.25, -0.2) is 0 Å². The highest BCUT2D eigenvalue weighted by atomic mass is 79.9. The number of hydrogen-bond acceptors (Lipinski definition) is 6. The minimum atomic E-state index is -0.663. The highest BCUT2D eigenvalue weighted by Crippen LogP contribution is 2.22. The summed E-state index contributed by atoms with van der Waals surface area (Å²) in [6, 6.07) is 7.28. The maximum absolute atomic E-state index is 11.1. The molecule has 0 saturated heterocycles. The third kappa shape index (κ3) is 5.69. The van der Waals surface area contributed by atoms with Crippen LogP contribution in [0.2, 0.25) is 0 Å². The average Bonchev–Trinajstić information content (AvgIpc) is 2.49. The molecule has 0 aromatic heterocycles. The quantitative estimate of drug-likeness (QED) is 0.573. The van der Waals surface area contributed by atoms with E-state index in [-0.39, 0.29) is 6.61 Å². The first-order valence-corrected chi connectivity index (χ1v) is 7.80. The molecule has 1 aliphatic rings. The van der Waals surface area contributed by atoms with Crippen LogP contribution in [0.1, 0.15) is 13.8 Å². The first-order valence-electron chi connectivity index (χ1n) is 7.00. The van der Waals surface area contributed by atoms with E-state index in [0.717, 1.165) is 4.47 Å². The zero-order valence-electron chi connectivity index (χ0n) is 12.7. The molecule has 3 atom stereocenters. The number of hydrogen-bond donors (Lipinski definition) is 0. The molecule has 0 amide bonds. The Hall–Kier alpha value is -1.86. The maximum atomic E-state index is 11.1. The highest BCUT2D eigenvalue weighted by molar-refractivity contribution is 9.10. The Kier molecular flexibility index (Phi) is 6.18. The fourth-order valence-corrected chi connectivity index (χ4v) is 2.24. The molecule has 2 rings (SSSR count). The largest absolute Gasteiger partial charge is 0.463 e. The lowest BCUT2D eigenvalue weighted by molar-refractivity contribution is -0.178. The van der Waals surface area contributed by atoms with Crippen molar-refractivity contribution in [1.82, 2.24) is 0 Å². The van der Waals surface area contributed by atoms with Gasteiger partial charge in [-0.05, 0) is 36.4 Å². The molecular weight excluding hydrogens is 368 g/mol. The number of esters is 2. The van der Waals surface area contributed by atoms with Crippen LogP contribution in [-0.2, 0) is 23.8 Å². The summed E-state index contributed by atoms with van der Waals surface area (Å²) in [7, 11) is 0. The van der Waals surface area contributed by atoms with Gasteiger partial charge in [-0.1, -0.05) is 15.9 Å². The van der Waals surface area contributed by atoms with Gasteiger partial charge in [-0.15, -0.1) is 0 Å². The molecule has 0 N–H and O–H groups in total. The molecule has 23 heavy (non-hydrogen) atoms. The first-order chi connectivity index (χ1) is 10.9. The van der Waals surface area contributed by atoms with Crippen molar-refractivity contribution in [2.45, 2.75) is 32.3 Å². The number of carbonyl (C=O) groups excluding carboxylic acids is 2. The van der Waals surface area contributed by atoms with Crippen LogP contribution >= 0.6 is 15.9 Å². The van der Waals surface area contributed by atoms with Gasteiger partial charge in [-0.3, -0.25) is 9.59 Å². The van der Waals surface area contributed by atoms with Gasteiger partial charge in [0.05, 0.1) is 0 Å². The summed E-state index contributed by atoms with van der Waals surface area (Å²) < 4.78 is 22.4. The average molecular weight is 385 g/mol. The molecule has 1 heterocycles. The lowest BCUT2D eigenvalue weighted by atomic mass is 10.1. The maximum Gasteiger partial charge on any atom is 0.303 e. The van der Waals surface area contributed by atoms with Gasteiger partial charge >= 0.3 is 11.9 Å². The van der Waals surface area contributed by atoms with E-state index >= 15 is 0 Å². The van der Waals surface area contributed by atoms with Crippen molar-refractivity contribution in [3.63, 3.8) is 0 Å². The van der Waals surface area contributed by atoms with E-state index in [0.29, 0.717) is 5.75 Å². The van der Waals surface area contributed by atoms with Gasteiger partial charge in [0.15, 0.2) is 0 Å². The fraction of sp³-hybridized carbons (Fsp3) is 0.375. The number of carbonyl (C=O) groups is 2. The molecule has 0 bridgehead atoms. The second-order valence-electron chi connectivity index (χ2n) is 4.88. The Bertz CT molecular complexity index is 583. The molecule has 0 spiro atoms. The second kappa shape index (κ2) is 8.12. The molecule has 124 valence electrons. The van der Waals surface area contributed by atoms with Gasteiger partial charge in [0.1, 0.15) is 24.6 Å². The molecule has 0 radical (unpaired) electrons. The summed E-state index contributed by atoms with van der Waals surface area (Å²) in [6.07, 6.45) is 1.40. The molecule has 6 nitrogen and oxygen atoms in total. The lowest BCUT2D eigenvalue weighted by Gasteiger charge is -2.31. The summed E-state index contributed by atoms with van der Waals surface area (Å²) in [4.78, 5) is 22.1. The lowest BCUT2D eigenvalue weighted by Crippen LogP contribution is -2.42. The van der Waals surface area contributed by atoms with E-state index < -0.39 is 30.4 Å². The zero-order valence-corrected chi connectivity index (χ0v) is 14.3. The number of benzene rings is 1. The van der Waals surface area contributed by atoms with Gasteiger partial charge < -0.3 is 18.9 Å². The second-order valence-corrected chi connectivity index (χ2v) is 5.79. The SMILES string of the molecule is CC(=O)OC[C@H]1OC(Oc2ccc(Br)cc2)C=C[C@@H]1OC(C)=O. The van der Waals surface area contributed by atoms with Crippen LogP contribution in [0, 0.1) is 0 Å². The zero-order chi connectivity index (χ0) is 16.8.